The van der Waals surface area contributed by atoms with Gasteiger partial charge in [-0.25, -0.2) is 16.8 Å². The van der Waals surface area contributed by atoms with Gasteiger partial charge in [-0.15, -0.1) is 0 Å². The Morgan fingerprint density at radius 3 is 2.08 bits per heavy atom. The number of sulfone groups is 1. The number of benzene rings is 1. The first kappa shape index (κ1) is 20.8. The molecule has 2 rings (SSSR count). The van der Waals surface area contributed by atoms with Gasteiger partial charge in [-0.1, -0.05) is 39.7 Å². The van der Waals surface area contributed by atoms with E-state index in [0.29, 0.717) is 31.2 Å². The fourth-order valence-electron chi connectivity index (χ4n) is 4.07. The molecule has 1 fully saturated rings. The molecule has 1 saturated carbocycles. The van der Waals surface area contributed by atoms with Crippen LogP contribution in [0.1, 0.15) is 63.1 Å². The van der Waals surface area contributed by atoms with E-state index in [-0.39, 0.29) is 17.7 Å². The molecular formula is C18H26N2O4S2. The standard InChI is InChI=1S/C18H26N2O4S2/c1-4-13-9-10-16(15(6-3)14(13)5-2)26(23,24)17(20-19)18(25(21)22)11-7-8-12-18/h9-10,25H,4-8,11-12H2,1-3H3. The molecule has 1 aromatic carbocycles. The van der Waals surface area contributed by atoms with Crippen LogP contribution in [0.2, 0.25) is 0 Å². The zero-order chi connectivity index (χ0) is 19.5. The van der Waals surface area contributed by atoms with Gasteiger partial charge in [0.1, 0.15) is 0 Å². The molecule has 0 aromatic heterocycles. The first-order valence-corrected chi connectivity index (χ1v) is 11.7. The van der Waals surface area contributed by atoms with E-state index in [4.69, 9.17) is 0 Å². The van der Waals surface area contributed by atoms with Crippen LogP contribution in [0.4, 0.5) is 0 Å². The molecule has 0 radical (unpaired) electrons. The molecule has 0 unspecified atom stereocenters. The molecule has 26 heavy (non-hydrogen) atoms. The molecule has 0 N–H and O–H groups in total. The van der Waals surface area contributed by atoms with E-state index in [1.54, 1.807) is 6.07 Å². The van der Waals surface area contributed by atoms with Crippen LogP contribution in [0.25, 0.3) is 5.53 Å². The van der Waals surface area contributed by atoms with Gasteiger partial charge in [-0.3, -0.25) is 0 Å². The molecule has 1 aliphatic carbocycles. The monoisotopic (exact) mass is 398 g/mol. The second-order valence-corrected chi connectivity index (χ2v) is 9.85. The molecule has 1 aromatic rings. The molecule has 0 aliphatic heterocycles. The average Bonchev–Trinajstić information content (AvgIpc) is 3.11. The Balaban J connectivity index is 2.76. The highest BCUT2D eigenvalue weighted by Gasteiger charge is 2.55. The topological polar surface area (TPSA) is 105 Å². The van der Waals surface area contributed by atoms with Crippen molar-refractivity contribution >= 4 is 25.6 Å². The first-order chi connectivity index (χ1) is 12.3. The predicted octanol–water partition coefficient (Wildman–Crippen LogP) is 2.70. The summed E-state index contributed by atoms with van der Waals surface area (Å²) in [7, 11) is -7.31. The van der Waals surface area contributed by atoms with Crippen LogP contribution < -0.4 is 0 Å². The summed E-state index contributed by atoms with van der Waals surface area (Å²) in [4.78, 5) is 3.09. The molecule has 1 aliphatic rings. The first-order valence-electron chi connectivity index (χ1n) is 9.05. The van der Waals surface area contributed by atoms with Gasteiger partial charge in [-0.2, -0.15) is 4.79 Å². The summed E-state index contributed by atoms with van der Waals surface area (Å²) in [6.07, 6.45) is 3.48. The summed E-state index contributed by atoms with van der Waals surface area (Å²) >= 11 is 0. The lowest BCUT2D eigenvalue weighted by Gasteiger charge is -2.19. The smallest absolute Gasteiger partial charge is 0.360 e. The van der Waals surface area contributed by atoms with Crippen molar-refractivity contribution in [1.82, 2.24) is 0 Å². The van der Waals surface area contributed by atoms with Gasteiger partial charge >= 0.3 is 5.04 Å². The second-order valence-electron chi connectivity index (χ2n) is 6.64. The third-order valence-corrected chi connectivity index (χ3v) is 8.84. The lowest BCUT2D eigenvalue weighted by atomic mass is 9.96. The summed E-state index contributed by atoms with van der Waals surface area (Å²) in [6.45, 7) is 5.86. The molecular weight excluding hydrogens is 372 g/mol. The Kier molecular flexibility index (Phi) is 6.42. The fraction of sp³-hybridized carbons (Fsp3) is 0.611. The third kappa shape index (κ3) is 3.26. The second kappa shape index (κ2) is 8.03. The Morgan fingerprint density at radius 2 is 1.65 bits per heavy atom. The van der Waals surface area contributed by atoms with Crippen LogP contribution in [-0.2, 0) is 39.8 Å². The van der Waals surface area contributed by atoms with Crippen LogP contribution in [-0.4, -0.2) is 31.4 Å². The zero-order valence-corrected chi connectivity index (χ0v) is 17.2. The Morgan fingerprint density at radius 1 is 1.08 bits per heavy atom. The van der Waals surface area contributed by atoms with E-state index in [1.807, 2.05) is 20.8 Å². The van der Waals surface area contributed by atoms with Crippen LogP contribution in [0.5, 0.6) is 0 Å². The molecule has 0 spiro atoms. The minimum atomic E-state index is -4.22. The molecule has 144 valence electrons. The summed E-state index contributed by atoms with van der Waals surface area (Å²) in [5.74, 6) is 0. The Labute approximate surface area is 157 Å². The third-order valence-electron chi connectivity index (χ3n) is 5.39. The van der Waals surface area contributed by atoms with E-state index in [1.165, 1.54) is 6.07 Å². The van der Waals surface area contributed by atoms with Crippen LogP contribution in [0, 0.1) is 0 Å². The van der Waals surface area contributed by atoms with Crippen molar-refractivity contribution in [2.24, 2.45) is 0 Å². The number of hydrogen-bond donors (Lipinski definition) is 1. The maximum Gasteiger partial charge on any atom is 0.406 e. The Bertz CT molecular complexity index is 913. The molecule has 0 heterocycles. The number of nitrogens with zero attached hydrogens (tertiary/aromatic N) is 2. The van der Waals surface area contributed by atoms with Crippen LogP contribution >= 0.6 is 0 Å². The minimum absolute atomic E-state index is 0.0602. The Hall–Kier alpha value is -1.50. The van der Waals surface area contributed by atoms with E-state index >= 15 is 0 Å². The van der Waals surface area contributed by atoms with Gasteiger partial charge in [0, 0.05) is 0 Å². The normalized spacial score (nSPS) is 16.6. The van der Waals surface area contributed by atoms with E-state index < -0.39 is 30.3 Å². The molecule has 0 saturated heterocycles. The molecule has 6 nitrogen and oxygen atoms in total. The van der Waals surface area contributed by atoms with Crippen molar-refractivity contribution < 1.29 is 21.6 Å². The van der Waals surface area contributed by atoms with Gasteiger partial charge < -0.3 is 5.53 Å². The van der Waals surface area contributed by atoms with Crippen LogP contribution in [0.3, 0.4) is 0 Å². The number of rotatable bonds is 6. The molecule has 8 heteroatoms. The van der Waals surface area contributed by atoms with E-state index in [0.717, 1.165) is 17.5 Å². The highest BCUT2D eigenvalue weighted by molar-refractivity contribution is 8.07. The average molecular weight is 399 g/mol. The van der Waals surface area contributed by atoms with Crippen LogP contribution in [0.15, 0.2) is 17.0 Å². The zero-order valence-electron chi connectivity index (χ0n) is 15.5. The van der Waals surface area contributed by atoms with Gasteiger partial charge in [0.05, 0.1) is 4.90 Å². The quantitative estimate of drug-likeness (QED) is 0.261. The van der Waals surface area contributed by atoms with Crippen molar-refractivity contribution in [1.29, 1.82) is 0 Å². The van der Waals surface area contributed by atoms with Gasteiger partial charge in [0.15, 0.2) is 15.5 Å². The van der Waals surface area contributed by atoms with Crippen molar-refractivity contribution in [2.75, 3.05) is 0 Å². The summed E-state index contributed by atoms with van der Waals surface area (Å²) in [5.41, 5.74) is 12.3. The summed E-state index contributed by atoms with van der Waals surface area (Å²) in [6, 6.07) is 3.30. The van der Waals surface area contributed by atoms with Gasteiger partial charge in [0.2, 0.25) is 0 Å². The maximum atomic E-state index is 13.3. The van der Waals surface area contributed by atoms with Crippen molar-refractivity contribution in [3.05, 3.63) is 34.4 Å². The van der Waals surface area contributed by atoms with Gasteiger partial charge in [0.25, 0.3) is 9.84 Å². The maximum absolute atomic E-state index is 13.3. The van der Waals surface area contributed by atoms with Crippen molar-refractivity contribution in [2.45, 2.75) is 75.4 Å². The molecule has 0 bridgehead atoms. The summed E-state index contributed by atoms with van der Waals surface area (Å²) in [5, 5.41) is -0.625. The molecule has 0 atom stereocenters. The number of hydrogen-bond acceptors (Lipinski definition) is 4. The highest BCUT2D eigenvalue weighted by atomic mass is 32.2. The lowest BCUT2D eigenvalue weighted by molar-refractivity contribution is -0.00602. The predicted molar refractivity (Wildman–Crippen MR) is 102 cm³/mol. The SMILES string of the molecule is CCc1ccc(S(=O)(=O)C(=[N+]=[N-])C2([SH](=O)=O)CCCC2)c(CC)c1CC. The highest BCUT2D eigenvalue weighted by Crippen LogP contribution is 2.38. The number of aryl methyl sites for hydroxylation is 1. The minimum Gasteiger partial charge on any atom is -0.360 e. The van der Waals surface area contributed by atoms with E-state index in [2.05, 4.69) is 4.79 Å². The van der Waals surface area contributed by atoms with E-state index in [9.17, 15) is 22.4 Å². The van der Waals surface area contributed by atoms with Gasteiger partial charge in [-0.05, 0) is 54.9 Å². The van der Waals surface area contributed by atoms with Crippen molar-refractivity contribution in [3.8, 4) is 0 Å². The fourth-order valence-corrected chi connectivity index (χ4v) is 7.39. The largest absolute Gasteiger partial charge is 0.406 e. The lowest BCUT2D eigenvalue weighted by Crippen LogP contribution is -2.43. The molecule has 0 amide bonds. The number of thiol groups is 1. The van der Waals surface area contributed by atoms with Crippen molar-refractivity contribution in [3.63, 3.8) is 0 Å². The summed E-state index contributed by atoms with van der Waals surface area (Å²) < 4.78 is 49.0.